The van der Waals surface area contributed by atoms with Gasteiger partial charge in [0.05, 0.1) is 19.8 Å². The predicted molar refractivity (Wildman–Crippen MR) is 110 cm³/mol. The molecule has 0 bridgehead atoms. The van der Waals surface area contributed by atoms with E-state index >= 15 is 0 Å². The lowest BCUT2D eigenvalue weighted by Gasteiger charge is -2.22. The number of anilines is 1. The molecule has 7 heteroatoms. The number of pyridine rings is 1. The number of benzene rings is 1. The second kappa shape index (κ2) is 10.2. The Morgan fingerprint density at radius 1 is 1.24 bits per heavy atom. The Kier molecular flexibility index (Phi) is 7.93. The van der Waals surface area contributed by atoms with Crippen LogP contribution in [0.5, 0.6) is 5.88 Å². The van der Waals surface area contributed by atoms with Crippen LogP contribution in [0.3, 0.4) is 0 Å². The molecule has 134 valence electrons. The van der Waals surface area contributed by atoms with Gasteiger partial charge in [-0.3, -0.25) is 0 Å². The molecule has 2 aromatic rings. The lowest BCUT2D eigenvalue weighted by molar-refractivity contribution is 0.0237. The van der Waals surface area contributed by atoms with Crippen molar-refractivity contribution in [1.82, 2.24) is 4.98 Å². The Morgan fingerprint density at radius 3 is 2.76 bits per heavy atom. The molecule has 0 amide bonds. The molecule has 1 saturated heterocycles. The topological polar surface area (TPSA) is 81.8 Å². The fourth-order valence-corrected chi connectivity index (χ4v) is 2.46. The van der Waals surface area contributed by atoms with Crippen LogP contribution < -0.4 is 15.8 Å². The molecular weight excluding hydrogens is 431 g/mol. The largest absolute Gasteiger partial charge is 0.474 e. The van der Waals surface area contributed by atoms with Crippen LogP contribution in [0.2, 0.25) is 0 Å². The zero-order chi connectivity index (χ0) is 16.6. The summed E-state index contributed by atoms with van der Waals surface area (Å²) in [6.07, 6.45) is 3.71. The summed E-state index contributed by atoms with van der Waals surface area (Å²) in [5, 5.41) is 3.06. The highest BCUT2D eigenvalue weighted by molar-refractivity contribution is 14.0. The zero-order valence-electron chi connectivity index (χ0n) is 13.9. The smallest absolute Gasteiger partial charge is 0.213 e. The highest BCUT2D eigenvalue weighted by Gasteiger charge is 2.15. The molecule has 1 aliphatic heterocycles. The van der Waals surface area contributed by atoms with Crippen molar-refractivity contribution in [1.29, 1.82) is 0 Å². The van der Waals surface area contributed by atoms with Gasteiger partial charge in [-0.05, 0) is 23.8 Å². The van der Waals surface area contributed by atoms with Crippen molar-refractivity contribution < 1.29 is 9.47 Å². The summed E-state index contributed by atoms with van der Waals surface area (Å²) in [6, 6.07) is 13.5. The summed E-state index contributed by atoms with van der Waals surface area (Å²) in [4.78, 5) is 8.63. The van der Waals surface area contributed by atoms with Crippen LogP contribution in [-0.4, -0.2) is 30.3 Å². The highest BCUT2D eigenvalue weighted by atomic mass is 127. The molecule has 0 saturated carbocycles. The number of nitrogens with zero attached hydrogens (tertiary/aromatic N) is 2. The van der Waals surface area contributed by atoms with Crippen molar-refractivity contribution in [3.05, 3.63) is 54.2 Å². The quantitative estimate of drug-likeness (QED) is 0.412. The molecular formula is C18H23IN4O2. The normalized spacial score (nSPS) is 15.3. The second-order valence-electron chi connectivity index (χ2n) is 5.62. The van der Waals surface area contributed by atoms with Crippen molar-refractivity contribution in [3.8, 4) is 5.88 Å². The van der Waals surface area contributed by atoms with Gasteiger partial charge < -0.3 is 20.5 Å². The summed E-state index contributed by atoms with van der Waals surface area (Å²) in [5.41, 5.74) is 7.84. The molecule has 0 unspecified atom stereocenters. The molecule has 25 heavy (non-hydrogen) atoms. The highest BCUT2D eigenvalue weighted by Crippen LogP contribution is 2.17. The first kappa shape index (κ1) is 19.5. The van der Waals surface area contributed by atoms with Crippen molar-refractivity contribution >= 4 is 35.6 Å². The number of hydrogen-bond donors (Lipinski definition) is 2. The van der Waals surface area contributed by atoms with Crippen LogP contribution in [0.15, 0.2) is 53.7 Å². The number of nitrogens with two attached hydrogens (primary N) is 1. The van der Waals surface area contributed by atoms with Crippen molar-refractivity contribution in [2.24, 2.45) is 10.7 Å². The average molecular weight is 454 g/mol. The van der Waals surface area contributed by atoms with Gasteiger partial charge in [0.25, 0.3) is 0 Å². The first-order chi connectivity index (χ1) is 11.8. The average Bonchev–Trinajstić information content (AvgIpc) is 2.62. The van der Waals surface area contributed by atoms with E-state index in [4.69, 9.17) is 15.2 Å². The Morgan fingerprint density at radius 2 is 2.00 bits per heavy atom. The molecule has 1 aromatic carbocycles. The zero-order valence-corrected chi connectivity index (χ0v) is 16.3. The van der Waals surface area contributed by atoms with Gasteiger partial charge >= 0.3 is 0 Å². The third-order valence-corrected chi connectivity index (χ3v) is 3.73. The van der Waals surface area contributed by atoms with Crippen molar-refractivity contribution in [2.45, 2.75) is 25.5 Å². The summed E-state index contributed by atoms with van der Waals surface area (Å²) in [7, 11) is 0. The molecule has 6 nitrogen and oxygen atoms in total. The molecule has 0 atom stereocenters. The summed E-state index contributed by atoms with van der Waals surface area (Å²) in [5.74, 6) is 1.01. The Bertz CT molecular complexity index is 676. The third-order valence-electron chi connectivity index (χ3n) is 3.73. The first-order valence-corrected chi connectivity index (χ1v) is 8.11. The molecule has 0 radical (unpaired) electrons. The predicted octanol–water partition coefficient (Wildman–Crippen LogP) is 3.18. The van der Waals surface area contributed by atoms with E-state index < -0.39 is 0 Å². The number of rotatable bonds is 5. The molecule has 3 N–H and O–H groups in total. The fraction of sp³-hybridized carbons (Fsp3) is 0.333. The maximum absolute atomic E-state index is 5.92. The second-order valence-corrected chi connectivity index (χ2v) is 5.62. The maximum Gasteiger partial charge on any atom is 0.213 e. The van der Waals surface area contributed by atoms with E-state index in [0.717, 1.165) is 37.3 Å². The molecule has 0 spiro atoms. The minimum Gasteiger partial charge on any atom is -0.474 e. The number of aromatic nitrogens is 1. The molecule has 0 aliphatic carbocycles. The fourth-order valence-electron chi connectivity index (χ4n) is 2.46. The van der Waals surface area contributed by atoms with Crippen LogP contribution in [0.4, 0.5) is 5.69 Å². The van der Waals surface area contributed by atoms with Crippen LogP contribution >= 0.6 is 24.0 Å². The number of halogens is 1. The van der Waals surface area contributed by atoms with Crippen LogP contribution in [-0.2, 0) is 11.3 Å². The molecule has 1 aromatic heterocycles. The van der Waals surface area contributed by atoms with Crippen molar-refractivity contribution in [2.75, 3.05) is 18.5 Å². The van der Waals surface area contributed by atoms with E-state index in [-0.39, 0.29) is 30.1 Å². The summed E-state index contributed by atoms with van der Waals surface area (Å²) < 4.78 is 11.2. The SMILES string of the molecule is I.NC(=NCc1ccnc(OC2CCOCC2)c1)Nc1ccccc1. The van der Waals surface area contributed by atoms with Gasteiger partial charge in [-0.15, -0.1) is 24.0 Å². The van der Waals surface area contributed by atoms with Crippen molar-refractivity contribution in [3.63, 3.8) is 0 Å². The van der Waals surface area contributed by atoms with Gasteiger partial charge in [-0.2, -0.15) is 0 Å². The first-order valence-electron chi connectivity index (χ1n) is 8.11. The number of nitrogens with one attached hydrogen (secondary N) is 1. The van der Waals surface area contributed by atoms with Gasteiger partial charge in [-0.25, -0.2) is 9.98 Å². The number of para-hydroxylation sites is 1. The van der Waals surface area contributed by atoms with E-state index in [0.29, 0.717) is 18.4 Å². The van der Waals surface area contributed by atoms with E-state index in [9.17, 15) is 0 Å². The van der Waals surface area contributed by atoms with Gasteiger partial charge in [0, 0.05) is 30.8 Å². The van der Waals surface area contributed by atoms with Gasteiger partial charge in [-0.1, -0.05) is 18.2 Å². The van der Waals surface area contributed by atoms with E-state index in [1.165, 1.54) is 0 Å². The Labute approximate surface area is 164 Å². The van der Waals surface area contributed by atoms with E-state index in [2.05, 4.69) is 15.3 Å². The molecule has 1 aliphatic rings. The summed E-state index contributed by atoms with van der Waals surface area (Å²) in [6.45, 7) is 1.96. The standard InChI is InChI=1S/C18H22N4O2.HI/c19-18(22-15-4-2-1-3-5-15)21-13-14-6-9-20-17(12-14)24-16-7-10-23-11-8-16;/h1-6,9,12,16H,7-8,10-11,13H2,(H3,19,21,22);1H. The number of aliphatic imine (C=N–C) groups is 1. The number of guanidine groups is 1. The van der Waals surface area contributed by atoms with E-state index in [1.807, 2.05) is 42.5 Å². The van der Waals surface area contributed by atoms with Gasteiger partial charge in [0.15, 0.2) is 5.96 Å². The third kappa shape index (κ3) is 6.50. The van der Waals surface area contributed by atoms with Crippen LogP contribution in [0.1, 0.15) is 18.4 Å². The van der Waals surface area contributed by atoms with Crippen LogP contribution in [0, 0.1) is 0 Å². The monoisotopic (exact) mass is 454 g/mol. The number of ether oxygens (including phenoxy) is 2. The molecule has 2 heterocycles. The Balaban J connectivity index is 0.00000225. The summed E-state index contributed by atoms with van der Waals surface area (Å²) >= 11 is 0. The van der Waals surface area contributed by atoms with Gasteiger partial charge in [0.1, 0.15) is 6.10 Å². The number of hydrogen-bond acceptors (Lipinski definition) is 4. The minimum absolute atomic E-state index is 0. The Hall–Kier alpha value is -1.87. The lowest BCUT2D eigenvalue weighted by Crippen LogP contribution is -2.26. The van der Waals surface area contributed by atoms with Crippen LogP contribution in [0.25, 0.3) is 0 Å². The minimum atomic E-state index is 0. The van der Waals surface area contributed by atoms with E-state index in [1.54, 1.807) is 6.20 Å². The van der Waals surface area contributed by atoms with Gasteiger partial charge in [0.2, 0.25) is 5.88 Å². The maximum atomic E-state index is 5.92. The molecule has 1 fully saturated rings. The molecule has 3 rings (SSSR count). The lowest BCUT2D eigenvalue weighted by atomic mass is 10.1.